The standard InChI is InChI=1S/C31H12N2O12/c34-24-22-20(42-26(36)13-1-3-16-18(11-13)30(40)44-28(16)38)5-6-21(23(22)25(35)33(24)15-7-9-32-10-8-15)43-27(37)14-2-4-17-19(12-14)31(41)45-29(17)39/h1-12H. The van der Waals surface area contributed by atoms with Crippen molar-refractivity contribution >= 4 is 53.3 Å². The van der Waals surface area contributed by atoms with Crippen LogP contribution in [0.1, 0.15) is 82.9 Å². The quantitative estimate of drug-likeness (QED) is 0.140. The Kier molecular flexibility index (Phi) is 5.93. The lowest BCUT2D eigenvalue weighted by molar-refractivity contribution is 0.0425. The molecule has 14 heteroatoms. The van der Waals surface area contributed by atoms with Crippen LogP contribution in [0.4, 0.5) is 5.69 Å². The fourth-order valence-corrected chi connectivity index (χ4v) is 4.94. The maximum atomic E-state index is 13.7. The molecule has 45 heavy (non-hydrogen) atoms. The van der Waals surface area contributed by atoms with Crippen molar-refractivity contribution in [3.8, 4) is 11.5 Å². The van der Waals surface area contributed by atoms with Gasteiger partial charge >= 0.3 is 35.8 Å². The minimum Gasteiger partial charge on any atom is -0.422 e. The number of carbonyl (C=O) groups excluding carboxylic acids is 8. The topological polar surface area (TPSA) is 190 Å². The fourth-order valence-electron chi connectivity index (χ4n) is 4.94. The number of benzene rings is 3. The number of hydrogen-bond donors (Lipinski definition) is 0. The summed E-state index contributed by atoms with van der Waals surface area (Å²) in [6.45, 7) is 0. The minimum atomic E-state index is -1.04. The molecule has 0 saturated carbocycles. The molecule has 0 bridgehead atoms. The number of rotatable bonds is 5. The van der Waals surface area contributed by atoms with Crippen molar-refractivity contribution < 1.29 is 57.3 Å². The molecule has 0 atom stereocenters. The van der Waals surface area contributed by atoms with Gasteiger partial charge in [0.1, 0.15) is 11.5 Å². The van der Waals surface area contributed by atoms with Gasteiger partial charge in [0.2, 0.25) is 0 Å². The number of imide groups is 1. The highest BCUT2D eigenvalue weighted by Crippen LogP contribution is 2.40. The third-order valence-corrected chi connectivity index (χ3v) is 7.05. The molecular weight excluding hydrogens is 592 g/mol. The number of pyridine rings is 1. The molecule has 2 amide bonds. The van der Waals surface area contributed by atoms with Crippen molar-refractivity contribution in [1.82, 2.24) is 4.98 Å². The average Bonchev–Trinajstić information content (AvgIpc) is 3.60. The lowest BCUT2D eigenvalue weighted by atomic mass is 10.0. The molecule has 0 fully saturated rings. The first-order valence-electron chi connectivity index (χ1n) is 12.8. The number of ether oxygens (including phenoxy) is 4. The Morgan fingerprint density at radius 1 is 0.556 bits per heavy atom. The van der Waals surface area contributed by atoms with E-state index in [1.165, 1.54) is 48.8 Å². The first-order chi connectivity index (χ1) is 21.6. The van der Waals surface area contributed by atoms with Gasteiger partial charge in [-0.2, -0.15) is 0 Å². The molecule has 3 aromatic carbocycles. The number of aromatic nitrogens is 1. The van der Waals surface area contributed by atoms with Crippen LogP contribution in [0.25, 0.3) is 0 Å². The Morgan fingerprint density at radius 2 is 0.978 bits per heavy atom. The molecule has 3 aliphatic rings. The predicted molar refractivity (Wildman–Crippen MR) is 144 cm³/mol. The summed E-state index contributed by atoms with van der Waals surface area (Å²) in [6, 6.07) is 12.1. The minimum absolute atomic E-state index is 0.0377. The number of cyclic esters (lactones) is 4. The summed E-state index contributed by atoms with van der Waals surface area (Å²) in [6.07, 6.45) is 2.68. The van der Waals surface area contributed by atoms with Crippen LogP contribution in [0.15, 0.2) is 73.1 Å². The fraction of sp³-hybridized carbons (Fsp3) is 0. The number of carbonyl (C=O) groups is 8. The lowest BCUT2D eigenvalue weighted by Gasteiger charge is -2.13. The summed E-state index contributed by atoms with van der Waals surface area (Å²) >= 11 is 0. The van der Waals surface area contributed by atoms with E-state index in [1.54, 1.807) is 0 Å². The number of esters is 6. The Bertz CT molecular complexity index is 1990. The van der Waals surface area contributed by atoms with Crippen LogP contribution in [0, 0.1) is 0 Å². The normalized spacial score (nSPS) is 14.5. The molecule has 0 N–H and O–H groups in total. The summed E-state index contributed by atoms with van der Waals surface area (Å²) in [7, 11) is 0. The number of amides is 2. The molecule has 0 radical (unpaired) electrons. The zero-order valence-corrected chi connectivity index (χ0v) is 22.2. The Balaban J connectivity index is 1.26. The third-order valence-electron chi connectivity index (χ3n) is 7.05. The smallest absolute Gasteiger partial charge is 0.346 e. The van der Waals surface area contributed by atoms with Crippen LogP contribution in [0.5, 0.6) is 11.5 Å². The van der Waals surface area contributed by atoms with Gasteiger partial charge in [0.05, 0.1) is 50.2 Å². The van der Waals surface area contributed by atoms with Crippen LogP contribution in [-0.4, -0.2) is 52.6 Å². The first kappa shape index (κ1) is 27.0. The summed E-state index contributed by atoms with van der Waals surface area (Å²) in [5.74, 6) is -8.29. The van der Waals surface area contributed by atoms with Gasteiger partial charge in [-0.05, 0) is 60.7 Å². The largest absolute Gasteiger partial charge is 0.422 e. The van der Waals surface area contributed by atoms with Crippen molar-refractivity contribution in [2.45, 2.75) is 0 Å². The maximum absolute atomic E-state index is 13.7. The number of fused-ring (bicyclic) bond motifs is 3. The number of nitrogens with zero attached hydrogens (tertiary/aromatic N) is 2. The van der Waals surface area contributed by atoms with Gasteiger partial charge in [0.15, 0.2) is 0 Å². The van der Waals surface area contributed by atoms with Crippen molar-refractivity contribution in [3.05, 3.63) is 118 Å². The highest BCUT2D eigenvalue weighted by molar-refractivity contribution is 6.36. The van der Waals surface area contributed by atoms with E-state index in [0.29, 0.717) is 0 Å². The van der Waals surface area contributed by atoms with Gasteiger partial charge < -0.3 is 18.9 Å². The molecule has 14 nitrogen and oxygen atoms in total. The average molecular weight is 604 g/mol. The van der Waals surface area contributed by atoms with Crippen LogP contribution in [0.3, 0.4) is 0 Å². The van der Waals surface area contributed by atoms with Gasteiger partial charge in [-0.1, -0.05) is 0 Å². The molecule has 7 rings (SSSR count). The summed E-state index contributed by atoms with van der Waals surface area (Å²) in [5, 5.41) is 0. The van der Waals surface area contributed by atoms with E-state index in [-0.39, 0.29) is 50.6 Å². The summed E-state index contributed by atoms with van der Waals surface area (Å²) < 4.78 is 20.0. The van der Waals surface area contributed by atoms with Gasteiger partial charge in [-0.15, -0.1) is 0 Å². The van der Waals surface area contributed by atoms with Gasteiger partial charge in [0, 0.05) is 12.4 Å². The van der Waals surface area contributed by atoms with Crippen molar-refractivity contribution in [2.24, 2.45) is 0 Å². The van der Waals surface area contributed by atoms with Crippen molar-refractivity contribution in [2.75, 3.05) is 4.90 Å². The monoisotopic (exact) mass is 604 g/mol. The maximum Gasteiger partial charge on any atom is 0.346 e. The van der Waals surface area contributed by atoms with Crippen LogP contribution in [-0.2, 0) is 9.47 Å². The summed E-state index contributed by atoms with van der Waals surface area (Å²) in [5.41, 5.74) is -1.41. The highest BCUT2D eigenvalue weighted by atomic mass is 16.6. The van der Waals surface area contributed by atoms with E-state index < -0.39 is 58.8 Å². The van der Waals surface area contributed by atoms with Crippen LogP contribution >= 0.6 is 0 Å². The second-order valence-corrected chi connectivity index (χ2v) is 9.62. The first-order valence-corrected chi connectivity index (χ1v) is 12.8. The molecule has 218 valence electrons. The SMILES string of the molecule is O=C(Oc1ccc(OC(=O)c2ccc3c(c2)C(=O)OC3=O)c2c1C(=O)N(c1ccncc1)C2=O)c1ccc2c(c1)C(=O)OC2=O. The zero-order valence-electron chi connectivity index (χ0n) is 22.2. The molecule has 0 saturated heterocycles. The third kappa shape index (κ3) is 4.24. The van der Waals surface area contributed by atoms with E-state index in [1.807, 2.05) is 0 Å². The molecule has 4 heterocycles. The van der Waals surface area contributed by atoms with E-state index in [0.717, 1.165) is 29.2 Å². The van der Waals surface area contributed by atoms with Gasteiger partial charge in [-0.3, -0.25) is 14.6 Å². The summed E-state index contributed by atoms with van der Waals surface area (Å²) in [4.78, 5) is 106. The van der Waals surface area contributed by atoms with E-state index in [9.17, 15) is 38.4 Å². The van der Waals surface area contributed by atoms with E-state index in [2.05, 4.69) is 14.5 Å². The molecule has 4 aromatic rings. The predicted octanol–water partition coefficient (Wildman–Crippen LogP) is 2.94. The highest BCUT2D eigenvalue weighted by Gasteiger charge is 2.43. The molecule has 3 aliphatic heterocycles. The Morgan fingerprint density at radius 3 is 1.42 bits per heavy atom. The molecule has 0 aliphatic carbocycles. The van der Waals surface area contributed by atoms with Crippen LogP contribution in [0.2, 0.25) is 0 Å². The second kappa shape index (κ2) is 9.88. The molecule has 1 aromatic heterocycles. The Hall–Kier alpha value is -6.83. The van der Waals surface area contributed by atoms with Gasteiger partial charge in [-0.25, -0.2) is 33.7 Å². The van der Waals surface area contributed by atoms with E-state index in [4.69, 9.17) is 9.47 Å². The lowest BCUT2D eigenvalue weighted by Crippen LogP contribution is -2.29. The molecule has 0 unspecified atom stereocenters. The van der Waals surface area contributed by atoms with Crippen molar-refractivity contribution in [3.63, 3.8) is 0 Å². The van der Waals surface area contributed by atoms with Crippen LogP contribution < -0.4 is 14.4 Å². The van der Waals surface area contributed by atoms with E-state index >= 15 is 0 Å². The van der Waals surface area contributed by atoms with Gasteiger partial charge in [0.25, 0.3) is 11.8 Å². The molecule has 0 spiro atoms. The van der Waals surface area contributed by atoms with Crippen molar-refractivity contribution in [1.29, 1.82) is 0 Å². The molecular formula is C31H12N2O12. The number of hydrogen-bond acceptors (Lipinski definition) is 13. The Labute approximate surface area is 249 Å². The second-order valence-electron chi connectivity index (χ2n) is 9.62. The zero-order chi connectivity index (χ0) is 31.6. The number of anilines is 1.